The van der Waals surface area contributed by atoms with Crippen LogP contribution in [0.3, 0.4) is 0 Å². The van der Waals surface area contributed by atoms with Crippen molar-refractivity contribution in [1.82, 2.24) is 0 Å². The normalized spacial score (nSPS) is 10.6. The quantitative estimate of drug-likeness (QED) is 0.869. The largest absolute Gasteiger partial charge is 0.481 e. The van der Waals surface area contributed by atoms with E-state index in [1.807, 2.05) is 0 Å². The predicted octanol–water partition coefficient (Wildman–Crippen LogP) is 2.36. The molecule has 0 aliphatic carbocycles. The summed E-state index contributed by atoms with van der Waals surface area (Å²) >= 11 is 0. The first-order chi connectivity index (χ1) is 7.41. The molecule has 0 radical (unpaired) electrons. The van der Waals surface area contributed by atoms with Gasteiger partial charge in [0.05, 0.1) is 6.42 Å². The van der Waals surface area contributed by atoms with Gasteiger partial charge in [-0.2, -0.15) is 8.78 Å². The summed E-state index contributed by atoms with van der Waals surface area (Å²) in [5.41, 5.74) is -0.106. The molecule has 0 unspecified atom stereocenters. The third kappa shape index (κ3) is 2.88. The Bertz CT molecular complexity index is 405. The molecule has 1 N–H and O–H groups in total. The Hall–Kier alpha value is -1.72. The first kappa shape index (κ1) is 12.4. The monoisotopic (exact) mass is 234 g/mol. The summed E-state index contributed by atoms with van der Waals surface area (Å²) in [4.78, 5) is 10.5. The van der Waals surface area contributed by atoms with E-state index in [9.17, 15) is 18.0 Å². The molecule has 0 atom stereocenters. The molecule has 0 aliphatic rings. The Morgan fingerprint density at radius 2 is 2.12 bits per heavy atom. The lowest BCUT2D eigenvalue weighted by Crippen LogP contribution is -2.10. The molecule has 88 valence electrons. The third-order valence-electron chi connectivity index (χ3n) is 1.94. The van der Waals surface area contributed by atoms with Gasteiger partial charge < -0.3 is 9.84 Å². The van der Waals surface area contributed by atoms with Gasteiger partial charge >= 0.3 is 12.6 Å². The van der Waals surface area contributed by atoms with Crippen LogP contribution in [0.5, 0.6) is 5.75 Å². The average molecular weight is 234 g/mol. The number of ether oxygens (including phenoxy) is 1. The number of carboxylic acids is 1. The molecule has 16 heavy (non-hydrogen) atoms. The van der Waals surface area contributed by atoms with Gasteiger partial charge in [-0.1, -0.05) is 6.07 Å². The maximum absolute atomic E-state index is 13.3. The lowest BCUT2D eigenvalue weighted by Gasteiger charge is -2.12. The molecule has 0 saturated carbocycles. The van der Waals surface area contributed by atoms with E-state index in [2.05, 4.69) is 4.74 Å². The number of alkyl halides is 2. The number of aryl methyl sites for hydroxylation is 1. The van der Waals surface area contributed by atoms with Crippen LogP contribution >= 0.6 is 0 Å². The molecule has 0 fully saturated rings. The summed E-state index contributed by atoms with van der Waals surface area (Å²) in [6.07, 6.45) is -0.699. The van der Waals surface area contributed by atoms with Gasteiger partial charge in [-0.3, -0.25) is 4.79 Å². The van der Waals surface area contributed by atoms with Crippen LogP contribution in [0.15, 0.2) is 12.1 Å². The highest BCUT2D eigenvalue weighted by Crippen LogP contribution is 2.28. The van der Waals surface area contributed by atoms with E-state index in [0.29, 0.717) is 0 Å². The van der Waals surface area contributed by atoms with Crippen LogP contribution in [0, 0.1) is 12.7 Å². The summed E-state index contributed by atoms with van der Waals surface area (Å²) in [6, 6.07) is 2.27. The van der Waals surface area contributed by atoms with Crippen molar-refractivity contribution in [2.24, 2.45) is 0 Å². The highest BCUT2D eigenvalue weighted by molar-refractivity contribution is 5.71. The van der Waals surface area contributed by atoms with E-state index < -0.39 is 30.6 Å². The summed E-state index contributed by atoms with van der Waals surface area (Å²) in [7, 11) is 0. The van der Waals surface area contributed by atoms with E-state index in [-0.39, 0.29) is 11.1 Å². The fourth-order valence-corrected chi connectivity index (χ4v) is 1.29. The van der Waals surface area contributed by atoms with Crippen molar-refractivity contribution in [3.63, 3.8) is 0 Å². The number of carboxylic acid groups (broad SMARTS) is 1. The second kappa shape index (κ2) is 4.87. The molecule has 1 aromatic carbocycles. The number of hydrogen-bond donors (Lipinski definition) is 1. The SMILES string of the molecule is Cc1ccc(F)c(CC(=O)O)c1OC(F)F. The Morgan fingerprint density at radius 1 is 1.50 bits per heavy atom. The van der Waals surface area contributed by atoms with Crippen molar-refractivity contribution >= 4 is 5.97 Å². The van der Waals surface area contributed by atoms with Gasteiger partial charge in [-0.05, 0) is 18.6 Å². The molecule has 0 heterocycles. The Kier molecular flexibility index (Phi) is 3.76. The second-order valence-electron chi connectivity index (χ2n) is 3.12. The van der Waals surface area contributed by atoms with Crippen LogP contribution in [0.25, 0.3) is 0 Å². The van der Waals surface area contributed by atoms with Gasteiger partial charge in [0.15, 0.2) is 0 Å². The summed E-state index contributed by atoms with van der Waals surface area (Å²) in [6.45, 7) is -1.68. The van der Waals surface area contributed by atoms with E-state index in [0.717, 1.165) is 6.07 Å². The molecule has 1 rings (SSSR count). The third-order valence-corrected chi connectivity index (χ3v) is 1.94. The molecule has 1 aromatic rings. The topological polar surface area (TPSA) is 46.5 Å². The average Bonchev–Trinajstić information content (AvgIpc) is 2.16. The number of rotatable bonds is 4. The molecule has 0 aromatic heterocycles. The first-order valence-electron chi connectivity index (χ1n) is 4.36. The van der Waals surface area contributed by atoms with Crippen molar-refractivity contribution in [3.05, 3.63) is 29.1 Å². The highest BCUT2D eigenvalue weighted by Gasteiger charge is 2.18. The molecule has 0 bridgehead atoms. The van der Waals surface area contributed by atoms with Crippen LogP contribution in [-0.2, 0) is 11.2 Å². The summed E-state index contributed by atoms with van der Waals surface area (Å²) in [5, 5.41) is 8.53. The second-order valence-corrected chi connectivity index (χ2v) is 3.12. The van der Waals surface area contributed by atoms with E-state index in [1.165, 1.54) is 13.0 Å². The standard InChI is InChI=1S/C10H9F3O3/c1-5-2-3-7(11)6(4-8(14)15)9(5)16-10(12)13/h2-3,10H,4H2,1H3,(H,14,15). The Morgan fingerprint density at radius 3 is 2.62 bits per heavy atom. The maximum atomic E-state index is 13.3. The minimum absolute atomic E-state index is 0.262. The summed E-state index contributed by atoms with van der Waals surface area (Å²) < 4.78 is 41.5. The van der Waals surface area contributed by atoms with Crippen molar-refractivity contribution in [3.8, 4) is 5.75 Å². The lowest BCUT2D eigenvalue weighted by atomic mass is 10.1. The van der Waals surface area contributed by atoms with E-state index in [1.54, 1.807) is 0 Å². The predicted molar refractivity (Wildman–Crippen MR) is 49.1 cm³/mol. The maximum Gasteiger partial charge on any atom is 0.387 e. The smallest absolute Gasteiger partial charge is 0.387 e. The first-order valence-corrected chi connectivity index (χ1v) is 4.36. The molecular weight excluding hydrogens is 225 g/mol. The van der Waals surface area contributed by atoms with Crippen molar-refractivity contribution in [1.29, 1.82) is 0 Å². The van der Waals surface area contributed by atoms with Crippen LogP contribution in [0.1, 0.15) is 11.1 Å². The van der Waals surface area contributed by atoms with Crippen LogP contribution in [-0.4, -0.2) is 17.7 Å². The number of halogens is 3. The summed E-state index contributed by atoms with van der Waals surface area (Å²) in [5.74, 6) is -2.59. The van der Waals surface area contributed by atoms with Crippen LogP contribution < -0.4 is 4.74 Å². The van der Waals surface area contributed by atoms with Gasteiger partial charge in [0, 0.05) is 5.56 Å². The molecular formula is C10H9F3O3. The number of aliphatic carboxylic acids is 1. The zero-order valence-electron chi connectivity index (χ0n) is 8.34. The molecule has 3 nitrogen and oxygen atoms in total. The van der Waals surface area contributed by atoms with Crippen molar-refractivity contribution < 1.29 is 27.8 Å². The van der Waals surface area contributed by atoms with Gasteiger partial charge in [0.25, 0.3) is 0 Å². The lowest BCUT2D eigenvalue weighted by molar-refractivity contribution is -0.136. The number of hydrogen-bond acceptors (Lipinski definition) is 2. The molecule has 0 aliphatic heterocycles. The molecule has 6 heteroatoms. The van der Waals surface area contributed by atoms with Crippen molar-refractivity contribution in [2.75, 3.05) is 0 Å². The molecule has 0 amide bonds. The van der Waals surface area contributed by atoms with E-state index >= 15 is 0 Å². The van der Waals surface area contributed by atoms with Gasteiger partial charge in [-0.15, -0.1) is 0 Å². The number of carbonyl (C=O) groups is 1. The van der Waals surface area contributed by atoms with Gasteiger partial charge in [0.1, 0.15) is 11.6 Å². The highest BCUT2D eigenvalue weighted by atomic mass is 19.3. The van der Waals surface area contributed by atoms with E-state index in [4.69, 9.17) is 5.11 Å². The fourth-order valence-electron chi connectivity index (χ4n) is 1.29. The van der Waals surface area contributed by atoms with Crippen LogP contribution in [0.2, 0.25) is 0 Å². The number of benzene rings is 1. The molecule has 0 saturated heterocycles. The fraction of sp³-hybridized carbons (Fsp3) is 0.300. The minimum Gasteiger partial charge on any atom is -0.481 e. The minimum atomic E-state index is -3.12. The van der Waals surface area contributed by atoms with Gasteiger partial charge in [-0.25, -0.2) is 4.39 Å². The molecule has 0 spiro atoms. The zero-order chi connectivity index (χ0) is 12.3. The van der Waals surface area contributed by atoms with Crippen molar-refractivity contribution in [2.45, 2.75) is 20.0 Å². The Labute approximate surface area is 89.5 Å². The Balaban J connectivity index is 3.19. The van der Waals surface area contributed by atoms with Gasteiger partial charge in [0.2, 0.25) is 0 Å². The van der Waals surface area contributed by atoms with Crippen LogP contribution in [0.4, 0.5) is 13.2 Å². The zero-order valence-corrected chi connectivity index (χ0v) is 8.34.